The molecule has 176 valence electrons. The average Bonchev–Trinajstić information content (AvgIpc) is 3.43. The molecule has 2 aromatic rings. The second kappa shape index (κ2) is 7.33. The van der Waals surface area contributed by atoms with Gasteiger partial charge in [-0.1, -0.05) is 11.6 Å². The fourth-order valence-electron chi connectivity index (χ4n) is 5.72. The zero-order valence-corrected chi connectivity index (χ0v) is 18.2. The minimum Gasteiger partial charge on any atom is -0.480 e. The minimum atomic E-state index is -4.63. The van der Waals surface area contributed by atoms with E-state index >= 15 is 0 Å². The number of ether oxygens (including phenoxy) is 2. The maximum Gasteiger partial charge on any atom is 0.522 e. The summed E-state index contributed by atoms with van der Waals surface area (Å²) < 4.78 is 52.7. The van der Waals surface area contributed by atoms with E-state index in [0.29, 0.717) is 41.3 Å². The van der Waals surface area contributed by atoms with Gasteiger partial charge in [0.15, 0.2) is 6.10 Å². The Bertz CT molecular complexity index is 1090. The zero-order chi connectivity index (χ0) is 23.0. The molecule has 0 spiro atoms. The van der Waals surface area contributed by atoms with Gasteiger partial charge < -0.3 is 14.5 Å². The molecular weight excluding hydrogens is 463 g/mol. The number of fused-ring (bicyclic) bond motifs is 2. The molecule has 1 aromatic carbocycles. The molecule has 4 saturated carbocycles. The molecule has 4 fully saturated rings. The van der Waals surface area contributed by atoms with Crippen molar-refractivity contribution >= 4 is 17.5 Å². The number of carbonyl (C=O) groups is 1. The molecule has 4 aliphatic carbocycles. The van der Waals surface area contributed by atoms with Crippen LogP contribution in [0.3, 0.4) is 0 Å². The summed E-state index contributed by atoms with van der Waals surface area (Å²) in [6.07, 6.45) is -2.78. The van der Waals surface area contributed by atoms with E-state index in [0.717, 1.165) is 18.4 Å². The molecule has 1 aromatic heterocycles. The third kappa shape index (κ3) is 3.77. The molecule has 0 radical (unpaired) electrons. The number of amides is 1. The first-order valence-corrected chi connectivity index (χ1v) is 11.4. The molecule has 1 aliphatic heterocycles. The fourth-order valence-corrected chi connectivity index (χ4v) is 5.91. The average molecular weight is 484 g/mol. The van der Waals surface area contributed by atoms with Crippen LogP contribution in [-0.4, -0.2) is 40.7 Å². The zero-order valence-electron chi connectivity index (χ0n) is 17.4. The lowest BCUT2D eigenvalue weighted by Crippen LogP contribution is -2.44. The van der Waals surface area contributed by atoms with Gasteiger partial charge >= 0.3 is 6.36 Å². The van der Waals surface area contributed by atoms with Crippen LogP contribution in [-0.2, 0) is 21.4 Å². The Labute approximate surface area is 192 Å². The van der Waals surface area contributed by atoms with E-state index in [1.54, 1.807) is 12.1 Å². The smallest absolute Gasteiger partial charge is 0.480 e. The van der Waals surface area contributed by atoms with Gasteiger partial charge in [-0.25, -0.2) is 0 Å². The Morgan fingerprint density at radius 3 is 2.76 bits per heavy atom. The normalized spacial score (nSPS) is 34.2. The lowest BCUT2D eigenvalue weighted by molar-refractivity contribution is -0.352. The van der Waals surface area contributed by atoms with Crippen LogP contribution in [0.1, 0.15) is 55.4 Å². The minimum absolute atomic E-state index is 0.00276. The lowest BCUT2D eigenvalue weighted by atomic mass is 9.69. The molecule has 2 heterocycles. The number of halogens is 4. The van der Waals surface area contributed by atoms with Gasteiger partial charge in [0.25, 0.3) is 5.91 Å². The van der Waals surface area contributed by atoms with Gasteiger partial charge in [0, 0.05) is 23.4 Å². The molecule has 7 rings (SSSR count). The number of aromatic nitrogens is 2. The topological polar surface area (TPSA) is 86.5 Å². The van der Waals surface area contributed by atoms with Gasteiger partial charge in [-0.15, -0.1) is 23.4 Å². The molecule has 2 atom stereocenters. The highest BCUT2D eigenvalue weighted by molar-refractivity contribution is 6.30. The first-order chi connectivity index (χ1) is 15.7. The highest BCUT2D eigenvalue weighted by Crippen LogP contribution is 2.59. The van der Waals surface area contributed by atoms with Crippen molar-refractivity contribution in [3.05, 3.63) is 40.6 Å². The largest absolute Gasteiger partial charge is 0.522 e. The lowest BCUT2D eigenvalue weighted by Gasteiger charge is -2.35. The number of carbonyl (C=O) groups excluding carboxylic acids is 1. The van der Waals surface area contributed by atoms with E-state index in [-0.39, 0.29) is 36.1 Å². The molecule has 1 N–H and O–H groups in total. The Hall–Kier alpha value is -2.33. The summed E-state index contributed by atoms with van der Waals surface area (Å²) in [7, 11) is 0. The Morgan fingerprint density at radius 2 is 2.00 bits per heavy atom. The predicted molar refractivity (Wildman–Crippen MR) is 108 cm³/mol. The van der Waals surface area contributed by atoms with Crippen LogP contribution in [0.15, 0.2) is 22.6 Å². The number of alkyl halides is 3. The second-order valence-electron chi connectivity index (χ2n) is 9.63. The Kier molecular flexibility index (Phi) is 4.72. The molecular formula is C22H21ClF3N3O4. The quantitative estimate of drug-likeness (QED) is 0.690. The van der Waals surface area contributed by atoms with Gasteiger partial charge in [-0.2, -0.15) is 0 Å². The van der Waals surface area contributed by atoms with Gasteiger partial charge in [0.05, 0.1) is 11.5 Å². The summed E-state index contributed by atoms with van der Waals surface area (Å²) in [4.78, 5) is 12.8. The number of hydrogen-bond acceptors (Lipinski definition) is 6. The Morgan fingerprint density at radius 1 is 1.21 bits per heavy atom. The van der Waals surface area contributed by atoms with Gasteiger partial charge in [0.1, 0.15) is 5.75 Å². The van der Waals surface area contributed by atoms with Crippen LogP contribution in [0.4, 0.5) is 13.2 Å². The molecule has 5 aliphatic rings. The molecule has 7 nitrogen and oxygen atoms in total. The maximum atomic E-state index is 12.8. The summed E-state index contributed by atoms with van der Waals surface area (Å²) >= 11 is 6.03. The van der Waals surface area contributed by atoms with Crippen molar-refractivity contribution in [1.82, 2.24) is 15.5 Å². The van der Waals surface area contributed by atoms with Crippen molar-refractivity contribution in [2.45, 2.75) is 74.5 Å². The van der Waals surface area contributed by atoms with Gasteiger partial charge in [-0.3, -0.25) is 9.53 Å². The second-order valence-corrected chi connectivity index (χ2v) is 10.1. The summed E-state index contributed by atoms with van der Waals surface area (Å²) in [5, 5.41) is 12.0. The monoisotopic (exact) mass is 483 g/mol. The predicted octanol–water partition coefficient (Wildman–Crippen LogP) is 4.05. The van der Waals surface area contributed by atoms with E-state index in [1.165, 1.54) is 0 Å². The van der Waals surface area contributed by atoms with Crippen molar-refractivity contribution in [3.8, 4) is 5.75 Å². The Balaban J connectivity index is 1.04. The van der Waals surface area contributed by atoms with Crippen molar-refractivity contribution in [2.75, 3.05) is 0 Å². The van der Waals surface area contributed by atoms with Crippen molar-refractivity contribution in [2.24, 2.45) is 5.92 Å². The number of rotatable bonds is 5. The molecule has 2 bridgehead atoms. The van der Waals surface area contributed by atoms with Crippen LogP contribution in [0.5, 0.6) is 5.75 Å². The van der Waals surface area contributed by atoms with Crippen molar-refractivity contribution in [3.63, 3.8) is 0 Å². The van der Waals surface area contributed by atoms with Crippen LogP contribution < -0.4 is 10.1 Å². The molecule has 33 heavy (non-hydrogen) atoms. The van der Waals surface area contributed by atoms with Crippen molar-refractivity contribution < 1.29 is 31.9 Å². The summed E-state index contributed by atoms with van der Waals surface area (Å²) in [6.45, 7) is 0. The highest BCUT2D eigenvalue weighted by Gasteiger charge is 2.60. The third-order valence-corrected chi connectivity index (χ3v) is 7.68. The molecule has 0 saturated heterocycles. The van der Waals surface area contributed by atoms with Crippen LogP contribution in [0, 0.1) is 5.92 Å². The molecule has 0 unspecified atom stereocenters. The summed E-state index contributed by atoms with van der Waals surface area (Å²) in [6, 6.07) is 5.33. The maximum absolute atomic E-state index is 12.8. The summed E-state index contributed by atoms with van der Waals surface area (Å²) in [5.74, 6) is 1.54. The number of hydrogen-bond donors (Lipinski definition) is 1. The SMILES string of the molecule is O=C(N[C@@H]1CC2(c3nnc(C4CC(OC(F)(F)F)C4)o3)CC1C2)[C@@H]1Cc2cc(Cl)ccc2O1. The molecule has 1 amide bonds. The van der Waals surface area contributed by atoms with E-state index in [1.807, 2.05) is 6.07 Å². The number of nitrogens with one attached hydrogen (secondary N) is 1. The van der Waals surface area contributed by atoms with E-state index in [4.69, 9.17) is 20.8 Å². The van der Waals surface area contributed by atoms with E-state index in [2.05, 4.69) is 20.3 Å². The van der Waals surface area contributed by atoms with Crippen molar-refractivity contribution in [1.29, 1.82) is 0 Å². The number of nitrogens with zero attached hydrogens (tertiary/aromatic N) is 2. The van der Waals surface area contributed by atoms with Crippen LogP contribution in [0.25, 0.3) is 0 Å². The fraction of sp³-hybridized carbons (Fsp3) is 0.591. The summed E-state index contributed by atoms with van der Waals surface area (Å²) in [5.41, 5.74) is 0.652. The van der Waals surface area contributed by atoms with Crippen LogP contribution >= 0.6 is 11.6 Å². The highest BCUT2D eigenvalue weighted by atomic mass is 35.5. The van der Waals surface area contributed by atoms with E-state index < -0.39 is 18.6 Å². The third-order valence-electron chi connectivity index (χ3n) is 7.44. The van der Waals surface area contributed by atoms with Crippen LogP contribution in [0.2, 0.25) is 5.02 Å². The molecule has 11 heteroatoms. The number of benzene rings is 1. The first-order valence-electron chi connectivity index (χ1n) is 11.0. The van der Waals surface area contributed by atoms with Gasteiger partial charge in [0.2, 0.25) is 11.8 Å². The van der Waals surface area contributed by atoms with E-state index in [9.17, 15) is 18.0 Å². The standard InChI is InChI=1S/C22H21ClF3N3O4/c23-13-1-2-16-10(3-13)6-17(31-16)18(30)27-15-9-21(7-12(15)8-21)20-29-28-19(32-20)11-4-14(5-11)33-22(24,25)26/h1-3,11-12,14-15,17H,4-9H2,(H,27,30)/t11?,12?,14?,15-,17+,21?/m1/s1. The van der Waals surface area contributed by atoms with Gasteiger partial charge in [-0.05, 0) is 61.8 Å². The first kappa shape index (κ1) is 21.2.